The average molecular weight is 411 g/mol. The van der Waals surface area contributed by atoms with Crippen molar-refractivity contribution in [2.24, 2.45) is 0 Å². The molecule has 1 heterocycles. The highest BCUT2D eigenvalue weighted by Crippen LogP contribution is 2.37. The number of methoxy groups -OCH3 is 1. The molecule has 5 nitrogen and oxygen atoms in total. The van der Waals surface area contributed by atoms with E-state index in [0.717, 1.165) is 26.2 Å². The maximum Gasteiger partial charge on any atom is 0.149 e. The van der Waals surface area contributed by atoms with Crippen LogP contribution in [0.15, 0.2) is 60.7 Å². The molecular formula is C25H34N2O3. The Balaban J connectivity index is 1.97. The third kappa shape index (κ3) is 4.75. The lowest BCUT2D eigenvalue weighted by Gasteiger charge is -2.59. The van der Waals surface area contributed by atoms with E-state index < -0.39 is 12.1 Å². The molecule has 1 fully saturated rings. The number of carboxylic acid groups (broad SMARTS) is 1. The number of carbonyl (C=O) groups is 1. The summed E-state index contributed by atoms with van der Waals surface area (Å²) in [6.45, 7) is 10.6. The second-order valence-corrected chi connectivity index (χ2v) is 9.34. The first kappa shape index (κ1) is 22.5. The Labute approximate surface area is 180 Å². The van der Waals surface area contributed by atoms with Gasteiger partial charge in [-0.25, -0.2) is 0 Å². The molecular weight excluding hydrogens is 376 g/mol. The summed E-state index contributed by atoms with van der Waals surface area (Å²) in [4.78, 5) is 14.4. The SMILES string of the molecule is COC(C(=O)[O-])C1CN(Cc2ccccc2)CC[N+]1(Cc1ccccc1)C(C)(C)C. The molecule has 5 heteroatoms. The number of rotatable bonds is 7. The van der Waals surface area contributed by atoms with Crippen molar-refractivity contribution in [3.8, 4) is 0 Å². The molecule has 0 saturated carbocycles. The predicted octanol–water partition coefficient (Wildman–Crippen LogP) is 2.45. The number of hydrogen-bond acceptors (Lipinski definition) is 4. The lowest BCUT2D eigenvalue weighted by Crippen LogP contribution is -2.76. The number of ether oxygens (including phenoxy) is 1. The Morgan fingerprint density at radius 1 is 1.10 bits per heavy atom. The zero-order valence-electron chi connectivity index (χ0n) is 18.6. The van der Waals surface area contributed by atoms with Crippen LogP contribution in [0.3, 0.4) is 0 Å². The van der Waals surface area contributed by atoms with Gasteiger partial charge >= 0.3 is 0 Å². The molecule has 0 spiro atoms. The third-order valence-electron chi connectivity index (χ3n) is 6.62. The minimum absolute atomic E-state index is 0.161. The number of piperazine rings is 1. The Morgan fingerprint density at radius 3 is 2.17 bits per heavy atom. The van der Waals surface area contributed by atoms with Gasteiger partial charge in [0.2, 0.25) is 0 Å². The molecule has 1 aliphatic rings. The van der Waals surface area contributed by atoms with Crippen LogP contribution in [0.2, 0.25) is 0 Å². The molecule has 162 valence electrons. The Morgan fingerprint density at radius 2 is 1.67 bits per heavy atom. The van der Waals surface area contributed by atoms with E-state index in [1.807, 2.05) is 36.4 Å². The van der Waals surface area contributed by atoms with Crippen LogP contribution >= 0.6 is 0 Å². The molecule has 1 aliphatic heterocycles. The van der Waals surface area contributed by atoms with E-state index in [-0.39, 0.29) is 11.6 Å². The fourth-order valence-electron chi connectivity index (χ4n) is 4.92. The van der Waals surface area contributed by atoms with Crippen LogP contribution in [-0.4, -0.2) is 59.8 Å². The van der Waals surface area contributed by atoms with Gasteiger partial charge < -0.3 is 19.1 Å². The largest absolute Gasteiger partial charge is 0.547 e. The van der Waals surface area contributed by atoms with Crippen LogP contribution in [-0.2, 0) is 22.6 Å². The highest BCUT2D eigenvalue weighted by atomic mass is 16.5. The molecule has 0 aliphatic carbocycles. The van der Waals surface area contributed by atoms with E-state index in [9.17, 15) is 9.90 Å². The molecule has 0 N–H and O–H groups in total. The number of carboxylic acids is 1. The van der Waals surface area contributed by atoms with Crippen LogP contribution < -0.4 is 5.11 Å². The number of hydrogen-bond donors (Lipinski definition) is 0. The molecule has 0 bridgehead atoms. The maximum absolute atomic E-state index is 12.1. The lowest BCUT2D eigenvalue weighted by molar-refractivity contribution is -1.01. The second kappa shape index (κ2) is 9.29. The van der Waals surface area contributed by atoms with E-state index in [1.165, 1.54) is 18.2 Å². The molecule has 30 heavy (non-hydrogen) atoms. The maximum atomic E-state index is 12.1. The van der Waals surface area contributed by atoms with Crippen molar-refractivity contribution in [3.63, 3.8) is 0 Å². The second-order valence-electron chi connectivity index (χ2n) is 9.34. The molecule has 1 saturated heterocycles. The quantitative estimate of drug-likeness (QED) is 0.658. The zero-order chi connectivity index (χ0) is 21.8. The topological polar surface area (TPSA) is 52.6 Å². The van der Waals surface area contributed by atoms with Crippen LogP contribution in [0, 0.1) is 0 Å². The zero-order valence-corrected chi connectivity index (χ0v) is 18.6. The van der Waals surface area contributed by atoms with E-state index in [0.29, 0.717) is 11.0 Å². The average Bonchev–Trinajstić information content (AvgIpc) is 2.71. The molecule has 0 amide bonds. The van der Waals surface area contributed by atoms with Crippen LogP contribution in [0.1, 0.15) is 31.9 Å². The Kier molecular flexibility index (Phi) is 6.96. The lowest BCUT2D eigenvalue weighted by atomic mass is 9.89. The molecule has 3 atom stereocenters. The summed E-state index contributed by atoms with van der Waals surface area (Å²) in [7, 11) is 1.48. The fraction of sp³-hybridized carbons (Fsp3) is 0.480. The van der Waals surface area contributed by atoms with Gasteiger partial charge in [0.05, 0.1) is 24.6 Å². The van der Waals surface area contributed by atoms with Gasteiger partial charge in [0.1, 0.15) is 18.7 Å². The first-order valence-electron chi connectivity index (χ1n) is 10.7. The molecule has 0 radical (unpaired) electrons. The smallest absolute Gasteiger partial charge is 0.149 e. The van der Waals surface area contributed by atoms with Crippen molar-refractivity contribution >= 4 is 5.97 Å². The van der Waals surface area contributed by atoms with E-state index in [2.05, 4.69) is 49.9 Å². The van der Waals surface area contributed by atoms with Crippen LogP contribution in [0.4, 0.5) is 0 Å². The molecule has 2 aromatic carbocycles. The first-order chi connectivity index (χ1) is 14.3. The van der Waals surface area contributed by atoms with Crippen molar-refractivity contribution in [2.75, 3.05) is 26.7 Å². The van der Waals surface area contributed by atoms with Gasteiger partial charge in [0.15, 0.2) is 0 Å². The summed E-state index contributed by atoms with van der Waals surface area (Å²) in [6, 6.07) is 20.4. The summed E-state index contributed by atoms with van der Waals surface area (Å²) >= 11 is 0. The van der Waals surface area contributed by atoms with Crippen LogP contribution in [0.5, 0.6) is 0 Å². The van der Waals surface area contributed by atoms with Gasteiger partial charge in [-0.2, -0.15) is 0 Å². The summed E-state index contributed by atoms with van der Waals surface area (Å²) in [5.41, 5.74) is 2.28. The molecule has 0 aromatic heterocycles. The minimum atomic E-state index is -1.14. The minimum Gasteiger partial charge on any atom is -0.547 e. The summed E-state index contributed by atoms with van der Waals surface area (Å²) in [5.74, 6) is -1.14. The highest BCUT2D eigenvalue weighted by Gasteiger charge is 2.53. The van der Waals surface area contributed by atoms with Gasteiger partial charge in [-0.15, -0.1) is 0 Å². The number of quaternary nitrogens is 1. The van der Waals surface area contributed by atoms with E-state index >= 15 is 0 Å². The molecule has 3 rings (SSSR count). The number of carbonyl (C=O) groups excluding carboxylic acids is 1. The van der Waals surface area contributed by atoms with Gasteiger partial charge in [0.25, 0.3) is 0 Å². The van der Waals surface area contributed by atoms with Crippen molar-refractivity contribution in [1.82, 2.24) is 4.90 Å². The summed E-state index contributed by atoms with van der Waals surface area (Å²) < 4.78 is 6.18. The van der Waals surface area contributed by atoms with E-state index in [1.54, 1.807) is 0 Å². The Hall–Kier alpha value is -2.21. The van der Waals surface area contributed by atoms with Gasteiger partial charge in [-0.05, 0) is 26.3 Å². The summed E-state index contributed by atoms with van der Waals surface area (Å²) in [5, 5.41) is 12.1. The summed E-state index contributed by atoms with van der Waals surface area (Å²) in [6.07, 6.45) is -0.966. The normalized spacial score (nSPS) is 23.8. The Bertz CT molecular complexity index is 819. The highest BCUT2D eigenvalue weighted by molar-refractivity contribution is 5.70. The van der Waals surface area contributed by atoms with Gasteiger partial charge in [-0.3, -0.25) is 4.90 Å². The van der Waals surface area contributed by atoms with Crippen LogP contribution in [0.25, 0.3) is 0 Å². The third-order valence-corrected chi connectivity index (χ3v) is 6.62. The fourth-order valence-corrected chi connectivity index (χ4v) is 4.92. The monoisotopic (exact) mass is 410 g/mol. The molecule has 2 aromatic rings. The first-order valence-corrected chi connectivity index (χ1v) is 10.7. The van der Waals surface area contributed by atoms with Crippen molar-refractivity contribution < 1.29 is 19.1 Å². The molecule has 3 unspecified atom stereocenters. The van der Waals surface area contributed by atoms with Crippen molar-refractivity contribution in [3.05, 3.63) is 71.8 Å². The number of aliphatic carboxylic acids is 1. The van der Waals surface area contributed by atoms with Crippen molar-refractivity contribution in [2.45, 2.75) is 51.5 Å². The number of benzene rings is 2. The number of nitrogens with zero attached hydrogens (tertiary/aromatic N) is 2. The van der Waals surface area contributed by atoms with E-state index in [4.69, 9.17) is 4.74 Å². The van der Waals surface area contributed by atoms with Gasteiger partial charge in [-0.1, -0.05) is 60.7 Å². The van der Waals surface area contributed by atoms with Gasteiger partial charge in [0, 0.05) is 25.8 Å². The predicted molar refractivity (Wildman–Crippen MR) is 116 cm³/mol. The van der Waals surface area contributed by atoms with Crippen molar-refractivity contribution in [1.29, 1.82) is 0 Å². The standard InChI is InChI=1S/C25H34N2O3/c1-25(2,3)27(19-21-13-9-6-10-14-21)16-15-26(17-20-11-7-5-8-12-20)18-22(27)23(30-4)24(28)29/h5-14,22-23H,15-19H2,1-4H3.